The molecule has 0 radical (unpaired) electrons. The van der Waals surface area contributed by atoms with Gasteiger partial charge in [0.15, 0.2) is 0 Å². The normalized spacial score (nSPS) is 11.7. The molecule has 1 aromatic carbocycles. The molecule has 0 aliphatic carbocycles. The molecule has 0 aromatic heterocycles. The Hall–Kier alpha value is -2.57. The van der Waals surface area contributed by atoms with Crippen molar-refractivity contribution >= 4 is 17.8 Å². The summed E-state index contributed by atoms with van der Waals surface area (Å²) in [5.41, 5.74) is 0.692. The Bertz CT molecular complexity index is 540. The van der Waals surface area contributed by atoms with E-state index in [0.717, 1.165) is 5.56 Å². The first-order chi connectivity index (χ1) is 9.31. The van der Waals surface area contributed by atoms with Crippen LogP contribution in [-0.2, 0) is 9.59 Å². The Morgan fingerprint density at radius 3 is 2.40 bits per heavy atom. The predicted molar refractivity (Wildman–Crippen MR) is 68.6 cm³/mol. The van der Waals surface area contributed by atoms with Gasteiger partial charge in [-0.05, 0) is 31.0 Å². The maximum Gasteiger partial charge on any atom is 0.326 e. The van der Waals surface area contributed by atoms with Gasteiger partial charge in [-0.25, -0.2) is 4.79 Å². The third-order valence-electron chi connectivity index (χ3n) is 2.65. The Balaban J connectivity index is 2.80. The number of carbonyl (C=O) groups excluding carboxylic acids is 1. The molecule has 0 fully saturated rings. The van der Waals surface area contributed by atoms with Crippen molar-refractivity contribution in [3.63, 3.8) is 0 Å². The molecule has 0 saturated carbocycles. The van der Waals surface area contributed by atoms with Crippen LogP contribution < -0.4 is 5.32 Å². The summed E-state index contributed by atoms with van der Waals surface area (Å²) in [7, 11) is 0. The number of phenols is 1. The van der Waals surface area contributed by atoms with Gasteiger partial charge in [0.2, 0.25) is 0 Å². The maximum absolute atomic E-state index is 11.9. The van der Waals surface area contributed by atoms with Gasteiger partial charge in [0.05, 0.1) is 5.56 Å². The number of carboxylic acids is 2. The highest BCUT2D eigenvalue weighted by molar-refractivity contribution is 5.98. The number of benzene rings is 1. The molecular weight excluding hydrogens is 266 g/mol. The fourth-order valence-corrected chi connectivity index (χ4v) is 1.59. The highest BCUT2D eigenvalue weighted by atomic mass is 16.4. The lowest BCUT2D eigenvalue weighted by Gasteiger charge is -2.14. The van der Waals surface area contributed by atoms with Crippen LogP contribution in [0.2, 0.25) is 0 Å². The molecule has 1 rings (SSSR count). The summed E-state index contributed by atoms with van der Waals surface area (Å²) in [5, 5.41) is 29.3. The van der Waals surface area contributed by atoms with Crippen molar-refractivity contribution in [1.82, 2.24) is 5.32 Å². The number of carbonyl (C=O) groups is 3. The number of amides is 1. The van der Waals surface area contributed by atoms with E-state index in [1.165, 1.54) is 12.1 Å². The molecule has 1 aromatic rings. The summed E-state index contributed by atoms with van der Waals surface area (Å²) >= 11 is 0. The van der Waals surface area contributed by atoms with E-state index in [1.807, 2.05) is 0 Å². The molecule has 0 spiro atoms. The van der Waals surface area contributed by atoms with Crippen molar-refractivity contribution in [2.45, 2.75) is 25.8 Å². The number of hydrogen-bond acceptors (Lipinski definition) is 4. The maximum atomic E-state index is 11.9. The summed E-state index contributed by atoms with van der Waals surface area (Å²) in [4.78, 5) is 33.2. The fourth-order valence-electron chi connectivity index (χ4n) is 1.59. The van der Waals surface area contributed by atoms with Gasteiger partial charge in [0.25, 0.3) is 5.91 Å². The van der Waals surface area contributed by atoms with Crippen molar-refractivity contribution < 1.29 is 29.7 Å². The fraction of sp³-hybridized carbons (Fsp3) is 0.308. The number of phenolic OH excluding ortho intramolecular Hbond substituents is 1. The van der Waals surface area contributed by atoms with Gasteiger partial charge in [-0.3, -0.25) is 9.59 Å². The van der Waals surface area contributed by atoms with Crippen molar-refractivity contribution in [3.8, 4) is 5.75 Å². The first-order valence-corrected chi connectivity index (χ1v) is 5.86. The topological polar surface area (TPSA) is 124 Å². The van der Waals surface area contributed by atoms with Crippen molar-refractivity contribution in [1.29, 1.82) is 0 Å². The summed E-state index contributed by atoms with van der Waals surface area (Å²) in [6, 6.07) is 3.03. The Morgan fingerprint density at radius 1 is 1.25 bits per heavy atom. The predicted octanol–water partition coefficient (Wildman–Crippen LogP) is 0.748. The highest BCUT2D eigenvalue weighted by Gasteiger charge is 2.22. The van der Waals surface area contributed by atoms with Gasteiger partial charge < -0.3 is 20.6 Å². The highest BCUT2D eigenvalue weighted by Crippen LogP contribution is 2.18. The third kappa shape index (κ3) is 4.27. The van der Waals surface area contributed by atoms with E-state index in [2.05, 4.69) is 5.32 Å². The van der Waals surface area contributed by atoms with E-state index in [0.29, 0.717) is 0 Å². The summed E-state index contributed by atoms with van der Waals surface area (Å²) in [6.45, 7) is 1.73. The number of nitrogens with one attached hydrogen (secondary N) is 1. The largest absolute Gasteiger partial charge is 0.507 e. The minimum Gasteiger partial charge on any atom is -0.507 e. The van der Waals surface area contributed by atoms with Crippen LogP contribution in [0.5, 0.6) is 5.75 Å². The molecule has 1 atom stereocenters. The van der Waals surface area contributed by atoms with Crippen molar-refractivity contribution in [3.05, 3.63) is 29.3 Å². The first kappa shape index (κ1) is 15.5. The van der Waals surface area contributed by atoms with E-state index < -0.39 is 23.9 Å². The summed E-state index contributed by atoms with van der Waals surface area (Å²) in [5.74, 6) is -3.50. The molecular formula is C13H15NO6. The van der Waals surface area contributed by atoms with E-state index in [4.69, 9.17) is 10.2 Å². The number of aliphatic carboxylic acids is 2. The zero-order valence-corrected chi connectivity index (χ0v) is 10.8. The number of hydrogen-bond donors (Lipinski definition) is 4. The molecule has 0 aliphatic rings. The third-order valence-corrected chi connectivity index (χ3v) is 2.65. The zero-order chi connectivity index (χ0) is 15.3. The minimum absolute atomic E-state index is 0.0582. The zero-order valence-electron chi connectivity index (χ0n) is 10.8. The van der Waals surface area contributed by atoms with Gasteiger partial charge in [0, 0.05) is 6.42 Å². The van der Waals surface area contributed by atoms with Gasteiger partial charge in [0.1, 0.15) is 11.8 Å². The average Bonchev–Trinajstić information content (AvgIpc) is 2.33. The Morgan fingerprint density at radius 2 is 1.90 bits per heavy atom. The molecule has 0 saturated heterocycles. The van der Waals surface area contributed by atoms with Gasteiger partial charge in [-0.15, -0.1) is 0 Å². The summed E-state index contributed by atoms with van der Waals surface area (Å²) in [6.07, 6.45) is -0.611. The molecule has 1 amide bonds. The monoisotopic (exact) mass is 281 g/mol. The van der Waals surface area contributed by atoms with Crippen molar-refractivity contribution in [2.24, 2.45) is 0 Å². The average molecular weight is 281 g/mol. The number of aryl methyl sites for hydroxylation is 1. The van der Waals surface area contributed by atoms with Gasteiger partial charge >= 0.3 is 11.9 Å². The molecule has 7 nitrogen and oxygen atoms in total. The second kappa shape index (κ2) is 6.55. The minimum atomic E-state index is -1.33. The van der Waals surface area contributed by atoms with E-state index in [1.54, 1.807) is 13.0 Å². The van der Waals surface area contributed by atoms with Crippen LogP contribution >= 0.6 is 0 Å². The van der Waals surface area contributed by atoms with Crippen LogP contribution in [0.1, 0.15) is 28.8 Å². The smallest absolute Gasteiger partial charge is 0.326 e. The van der Waals surface area contributed by atoms with Crippen LogP contribution in [0.25, 0.3) is 0 Å². The number of aromatic hydroxyl groups is 1. The SMILES string of the molecule is Cc1ccc(C(=O)NC(CCC(=O)O)C(=O)O)c(O)c1. The first-order valence-electron chi connectivity index (χ1n) is 5.86. The Kier molecular flexibility index (Phi) is 5.08. The van der Waals surface area contributed by atoms with E-state index >= 15 is 0 Å². The van der Waals surface area contributed by atoms with Crippen molar-refractivity contribution in [2.75, 3.05) is 0 Å². The second-order valence-electron chi connectivity index (χ2n) is 4.32. The molecule has 0 heterocycles. The molecule has 20 heavy (non-hydrogen) atoms. The van der Waals surface area contributed by atoms with E-state index in [-0.39, 0.29) is 24.2 Å². The lowest BCUT2D eigenvalue weighted by molar-refractivity contribution is -0.140. The van der Waals surface area contributed by atoms with Crippen LogP contribution in [0.3, 0.4) is 0 Å². The second-order valence-corrected chi connectivity index (χ2v) is 4.32. The number of rotatable bonds is 6. The van der Waals surface area contributed by atoms with Crippen LogP contribution in [0.15, 0.2) is 18.2 Å². The molecule has 4 N–H and O–H groups in total. The Labute approximate surface area is 114 Å². The molecule has 0 bridgehead atoms. The van der Waals surface area contributed by atoms with Crippen LogP contribution in [0.4, 0.5) is 0 Å². The van der Waals surface area contributed by atoms with Gasteiger partial charge in [-0.1, -0.05) is 6.07 Å². The summed E-state index contributed by atoms with van der Waals surface area (Å²) < 4.78 is 0. The van der Waals surface area contributed by atoms with Gasteiger partial charge in [-0.2, -0.15) is 0 Å². The molecule has 0 aliphatic heterocycles. The van der Waals surface area contributed by atoms with E-state index in [9.17, 15) is 19.5 Å². The lowest BCUT2D eigenvalue weighted by Crippen LogP contribution is -2.41. The van der Waals surface area contributed by atoms with Crippen LogP contribution in [-0.4, -0.2) is 39.2 Å². The standard InChI is InChI=1S/C13H15NO6/c1-7-2-3-8(10(15)6-7)12(18)14-9(13(19)20)4-5-11(16)17/h2-3,6,9,15H,4-5H2,1H3,(H,14,18)(H,16,17)(H,19,20). The molecule has 7 heteroatoms. The lowest BCUT2D eigenvalue weighted by atomic mass is 10.1. The number of carboxylic acid groups (broad SMARTS) is 2. The molecule has 108 valence electrons. The molecule has 1 unspecified atom stereocenters. The van der Waals surface area contributed by atoms with Crippen LogP contribution in [0, 0.1) is 6.92 Å². The quantitative estimate of drug-likeness (QED) is 0.610.